The van der Waals surface area contributed by atoms with Crippen molar-refractivity contribution in [3.05, 3.63) is 0 Å². The summed E-state index contributed by atoms with van der Waals surface area (Å²) in [4.78, 5) is 11.6. The van der Waals surface area contributed by atoms with E-state index >= 15 is 0 Å². The molecular formula is C11H23N3O. The standard InChI is InChI=1S/C11H23N3O/c1-3-6-13-11(15)9(2)14-10-4-7-12-8-5-10/h9-10,12,14H,3-8H2,1-2H3,(H,13,15). The van der Waals surface area contributed by atoms with Crippen molar-refractivity contribution in [1.29, 1.82) is 0 Å². The average molecular weight is 213 g/mol. The van der Waals surface area contributed by atoms with Crippen molar-refractivity contribution in [3.8, 4) is 0 Å². The second kappa shape index (κ2) is 6.80. The molecule has 4 heteroatoms. The molecule has 1 heterocycles. The van der Waals surface area contributed by atoms with Crippen LogP contribution in [0.4, 0.5) is 0 Å². The Morgan fingerprint density at radius 3 is 2.73 bits per heavy atom. The lowest BCUT2D eigenvalue weighted by molar-refractivity contribution is -0.123. The molecule has 0 aromatic carbocycles. The lowest BCUT2D eigenvalue weighted by atomic mass is 10.1. The van der Waals surface area contributed by atoms with Gasteiger partial charge in [0.2, 0.25) is 5.91 Å². The van der Waals surface area contributed by atoms with Crippen LogP contribution in [0.3, 0.4) is 0 Å². The van der Waals surface area contributed by atoms with E-state index < -0.39 is 0 Å². The molecule has 1 saturated heterocycles. The van der Waals surface area contributed by atoms with E-state index in [1.54, 1.807) is 0 Å². The number of carbonyl (C=O) groups excluding carboxylic acids is 1. The molecule has 88 valence electrons. The van der Waals surface area contributed by atoms with Gasteiger partial charge in [0.25, 0.3) is 0 Å². The van der Waals surface area contributed by atoms with Gasteiger partial charge in [-0.15, -0.1) is 0 Å². The molecule has 0 spiro atoms. The fraction of sp³-hybridized carbons (Fsp3) is 0.909. The van der Waals surface area contributed by atoms with Gasteiger partial charge in [0, 0.05) is 12.6 Å². The minimum Gasteiger partial charge on any atom is -0.355 e. The molecular weight excluding hydrogens is 190 g/mol. The predicted octanol–water partition coefficient (Wildman–Crippen LogP) is 0.243. The first kappa shape index (κ1) is 12.5. The van der Waals surface area contributed by atoms with E-state index in [2.05, 4.69) is 22.9 Å². The van der Waals surface area contributed by atoms with E-state index in [1.165, 1.54) is 0 Å². The second-order valence-electron chi connectivity index (χ2n) is 4.20. The van der Waals surface area contributed by atoms with Crippen LogP contribution in [0.15, 0.2) is 0 Å². The third-order valence-electron chi connectivity index (χ3n) is 2.77. The highest BCUT2D eigenvalue weighted by molar-refractivity contribution is 5.81. The summed E-state index contributed by atoms with van der Waals surface area (Å²) in [6.45, 7) is 6.89. The molecule has 1 aliphatic rings. The maximum atomic E-state index is 11.6. The topological polar surface area (TPSA) is 53.2 Å². The van der Waals surface area contributed by atoms with Crippen molar-refractivity contribution in [2.75, 3.05) is 19.6 Å². The number of carbonyl (C=O) groups is 1. The molecule has 0 aromatic heterocycles. The first-order valence-electron chi connectivity index (χ1n) is 5.98. The lowest BCUT2D eigenvalue weighted by Crippen LogP contribution is -2.49. The quantitative estimate of drug-likeness (QED) is 0.613. The second-order valence-corrected chi connectivity index (χ2v) is 4.20. The minimum absolute atomic E-state index is 0.0698. The molecule has 1 atom stereocenters. The number of nitrogens with one attached hydrogen (secondary N) is 3. The van der Waals surface area contributed by atoms with E-state index in [-0.39, 0.29) is 11.9 Å². The number of hydrogen-bond acceptors (Lipinski definition) is 3. The number of amides is 1. The Morgan fingerprint density at radius 2 is 2.13 bits per heavy atom. The zero-order valence-electron chi connectivity index (χ0n) is 9.81. The molecule has 15 heavy (non-hydrogen) atoms. The summed E-state index contributed by atoms with van der Waals surface area (Å²) in [6, 6.07) is 0.424. The van der Waals surface area contributed by atoms with Gasteiger partial charge in [0.05, 0.1) is 6.04 Å². The van der Waals surface area contributed by atoms with Gasteiger partial charge in [-0.2, -0.15) is 0 Å². The highest BCUT2D eigenvalue weighted by Gasteiger charge is 2.18. The molecule has 4 nitrogen and oxygen atoms in total. The summed E-state index contributed by atoms with van der Waals surface area (Å²) >= 11 is 0. The molecule has 0 aromatic rings. The Morgan fingerprint density at radius 1 is 1.47 bits per heavy atom. The Kier molecular flexibility index (Phi) is 5.65. The van der Waals surface area contributed by atoms with Gasteiger partial charge in [-0.05, 0) is 39.3 Å². The van der Waals surface area contributed by atoms with Crippen LogP contribution < -0.4 is 16.0 Å². The summed E-state index contributed by atoms with van der Waals surface area (Å²) in [7, 11) is 0. The van der Waals surface area contributed by atoms with Crippen molar-refractivity contribution in [1.82, 2.24) is 16.0 Å². The molecule has 0 radical (unpaired) electrons. The van der Waals surface area contributed by atoms with E-state index in [1.807, 2.05) is 6.92 Å². The van der Waals surface area contributed by atoms with Gasteiger partial charge in [-0.25, -0.2) is 0 Å². The van der Waals surface area contributed by atoms with E-state index in [4.69, 9.17) is 0 Å². The van der Waals surface area contributed by atoms with Gasteiger partial charge in [-0.3, -0.25) is 4.79 Å². The fourth-order valence-corrected chi connectivity index (χ4v) is 1.82. The zero-order chi connectivity index (χ0) is 11.1. The Balaban J connectivity index is 2.20. The normalized spacial score (nSPS) is 19.9. The van der Waals surface area contributed by atoms with E-state index in [9.17, 15) is 4.79 Å². The molecule has 1 aliphatic heterocycles. The van der Waals surface area contributed by atoms with Crippen molar-refractivity contribution in [2.45, 2.75) is 45.2 Å². The number of piperidine rings is 1. The predicted molar refractivity (Wildman–Crippen MR) is 61.8 cm³/mol. The van der Waals surface area contributed by atoms with E-state index in [0.717, 1.165) is 38.9 Å². The van der Waals surface area contributed by atoms with Gasteiger partial charge < -0.3 is 16.0 Å². The SMILES string of the molecule is CCCNC(=O)C(C)NC1CCNCC1. The van der Waals surface area contributed by atoms with Gasteiger partial charge >= 0.3 is 0 Å². The van der Waals surface area contributed by atoms with Crippen LogP contribution in [-0.2, 0) is 4.79 Å². The molecule has 0 aliphatic carbocycles. The molecule has 1 amide bonds. The van der Waals surface area contributed by atoms with Crippen LogP contribution in [0.1, 0.15) is 33.1 Å². The van der Waals surface area contributed by atoms with Crippen LogP contribution in [-0.4, -0.2) is 37.6 Å². The maximum absolute atomic E-state index is 11.6. The average Bonchev–Trinajstić information content (AvgIpc) is 2.27. The van der Waals surface area contributed by atoms with Crippen LogP contribution in [0.2, 0.25) is 0 Å². The van der Waals surface area contributed by atoms with Gasteiger partial charge in [0.15, 0.2) is 0 Å². The zero-order valence-corrected chi connectivity index (χ0v) is 9.81. The Bertz CT molecular complexity index is 190. The van der Waals surface area contributed by atoms with Crippen molar-refractivity contribution >= 4 is 5.91 Å². The van der Waals surface area contributed by atoms with Crippen molar-refractivity contribution < 1.29 is 4.79 Å². The lowest BCUT2D eigenvalue weighted by Gasteiger charge is -2.26. The van der Waals surface area contributed by atoms with Crippen molar-refractivity contribution in [3.63, 3.8) is 0 Å². The fourth-order valence-electron chi connectivity index (χ4n) is 1.82. The van der Waals surface area contributed by atoms with Gasteiger partial charge in [0.1, 0.15) is 0 Å². The monoisotopic (exact) mass is 213 g/mol. The van der Waals surface area contributed by atoms with Crippen LogP contribution in [0.25, 0.3) is 0 Å². The smallest absolute Gasteiger partial charge is 0.236 e. The summed E-state index contributed by atoms with van der Waals surface area (Å²) in [6.07, 6.45) is 3.22. The maximum Gasteiger partial charge on any atom is 0.236 e. The highest BCUT2D eigenvalue weighted by atomic mass is 16.2. The van der Waals surface area contributed by atoms with Gasteiger partial charge in [-0.1, -0.05) is 6.92 Å². The van der Waals surface area contributed by atoms with Crippen LogP contribution in [0, 0.1) is 0 Å². The summed E-state index contributed by atoms with van der Waals surface area (Å²) in [5.74, 6) is 0.121. The molecule has 1 rings (SSSR count). The molecule has 0 bridgehead atoms. The summed E-state index contributed by atoms with van der Waals surface area (Å²) < 4.78 is 0. The van der Waals surface area contributed by atoms with Crippen LogP contribution >= 0.6 is 0 Å². The minimum atomic E-state index is -0.0698. The summed E-state index contributed by atoms with van der Waals surface area (Å²) in [5.41, 5.74) is 0. The summed E-state index contributed by atoms with van der Waals surface area (Å²) in [5, 5.41) is 9.59. The molecule has 1 unspecified atom stereocenters. The Labute approximate surface area is 92.2 Å². The molecule has 0 saturated carbocycles. The molecule has 3 N–H and O–H groups in total. The number of rotatable bonds is 5. The van der Waals surface area contributed by atoms with Crippen LogP contribution in [0.5, 0.6) is 0 Å². The third kappa shape index (κ3) is 4.62. The first-order valence-corrected chi connectivity index (χ1v) is 5.98. The van der Waals surface area contributed by atoms with Crippen molar-refractivity contribution in [2.24, 2.45) is 0 Å². The first-order chi connectivity index (χ1) is 7.24. The highest BCUT2D eigenvalue weighted by Crippen LogP contribution is 2.03. The van der Waals surface area contributed by atoms with E-state index in [0.29, 0.717) is 6.04 Å². The Hall–Kier alpha value is -0.610. The number of hydrogen-bond donors (Lipinski definition) is 3. The third-order valence-corrected chi connectivity index (χ3v) is 2.77. The molecule has 1 fully saturated rings. The largest absolute Gasteiger partial charge is 0.355 e.